The molecule has 0 saturated heterocycles. The van der Waals surface area contributed by atoms with E-state index in [2.05, 4.69) is 4.36 Å². The van der Waals surface area contributed by atoms with E-state index in [0.29, 0.717) is 9.92 Å². The van der Waals surface area contributed by atoms with Crippen LogP contribution in [0.3, 0.4) is 0 Å². The summed E-state index contributed by atoms with van der Waals surface area (Å²) in [5, 5.41) is 0.539. The second-order valence-corrected chi connectivity index (χ2v) is 5.84. The van der Waals surface area contributed by atoms with Crippen molar-refractivity contribution in [2.45, 2.75) is 4.90 Å². The highest BCUT2D eigenvalue weighted by molar-refractivity contribution is 7.93. The standard InChI is InChI=1S/C9H9Cl2NO2S/c1-15(14,12-9(13)6-10)8-4-2-7(11)3-5-8/h2-5H,6H2,1H3. The van der Waals surface area contributed by atoms with Gasteiger partial charge in [-0.1, -0.05) is 11.6 Å². The van der Waals surface area contributed by atoms with E-state index in [-0.39, 0.29) is 5.88 Å². The molecule has 1 atom stereocenters. The van der Waals surface area contributed by atoms with Gasteiger partial charge in [-0.3, -0.25) is 4.79 Å². The molecule has 0 bridgehead atoms. The summed E-state index contributed by atoms with van der Waals surface area (Å²) in [4.78, 5) is 11.4. The molecule has 6 heteroatoms. The molecule has 0 radical (unpaired) electrons. The van der Waals surface area contributed by atoms with Crippen LogP contribution in [0.15, 0.2) is 33.5 Å². The van der Waals surface area contributed by atoms with Crippen molar-refractivity contribution in [3.05, 3.63) is 29.3 Å². The van der Waals surface area contributed by atoms with E-state index in [4.69, 9.17) is 23.2 Å². The molecule has 0 aliphatic carbocycles. The fourth-order valence-electron chi connectivity index (χ4n) is 0.958. The number of hydrogen-bond acceptors (Lipinski definition) is 2. The number of carbonyl (C=O) groups is 1. The van der Waals surface area contributed by atoms with Gasteiger partial charge in [-0.2, -0.15) is 4.36 Å². The highest BCUT2D eigenvalue weighted by atomic mass is 35.5. The maximum absolute atomic E-state index is 12.0. The highest BCUT2D eigenvalue weighted by Gasteiger charge is 2.08. The lowest BCUT2D eigenvalue weighted by atomic mass is 10.4. The van der Waals surface area contributed by atoms with Gasteiger partial charge in [0.05, 0.1) is 9.73 Å². The van der Waals surface area contributed by atoms with E-state index < -0.39 is 15.6 Å². The Hall–Kier alpha value is -0.580. The molecule has 1 aromatic rings. The molecule has 0 N–H and O–H groups in total. The molecule has 15 heavy (non-hydrogen) atoms. The van der Waals surface area contributed by atoms with Crippen molar-refractivity contribution in [2.24, 2.45) is 4.36 Å². The van der Waals surface area contributed by atoms with Crippen LogP contribution in [-0.2, 0) is 14.5 Å². The number of nitrogens with zero attached hydrogens (tertiary/aromatic N) is 1. The first-order valence-corrected chi connectivity index (χ1v) is 6.86. The molecular weight excluding hydrogens is 257 g/mol. The molecule has 0 heterocycles. The molecule has 0 spiro atoms. The van der Waals surface area contributed by atoms with Crippen LogP contribution < -0.4 is 0 Å². The molecule has 0 aromatic heterocycles. The van der Waals surface area contributed by atoms with E-state index in [1.54, 1.807) is 24.3 Å². The predicted octanol–water partition coefficient (Wildman–Crippen LogP) is 2.56. The summed E-state index contributed by atoms with van der Waals surface area (Å²) in [5.74, 6) is -0.850. The third kappa shape index (κ3) is 3.48. The molecule has 0 aliphatic rings. The minimum absolute atomic E-state index is 0.265. The Morgan fingerprint density at radius 2 is 1.93 bits per heavy atom. The lowest BCUT2D eigenvalue weighted by molar-refractivity contribution is -0.115. The number of rotatable bonds is 2. The van der Waals surface area contributed by atoms with Gasteiger partial charge in [0.15, 0.2) is 0 Å². The largest absolute Gasteiger partial charge is 0.271 e. The summed E-state index contributed by atoms with van der Waals surface area (Å²) in [7, 11) is -2.71. The van der Waals surface area contributed by atoms with Crippen molar-refractivity contribution in [3.63, 3.8) is 0 Å². The first-order chi connectivity index (χ1) is 6.95. The maximum Gasteiger partial charge on any atom is 0.268 e. The van der Waals surface area contributed by atoms with Crippen LogP contribution in [0.5, 0.6) is 0 Å². The number of alkyl halides is 1. The fourth-order valence-corrected chi connectivity index (χ4v) is 2.41. The van der Waals surface area contributed by atoms with Crippen LogP contribution in [0.1, 0.15) is 0 Å². The Labute approximate surface area is 98.6 Å². The lowest BCUT2D eigenvalue weighted by Crippen LogP contribution is -2.03. The van der Waals surface area contributed by atoms with Gasteiger partial charge >= 0.3 is 0 Å². The monoisotopic (exact) mass is 265 g/mol. The van der Waals surface area contributed by atoms with Gasteiger partial charge in [-0.25, -0.2) is 4.21 Å². The first kappa shape index (κ1) is 12.5. The van der Waals surface area contributed by atoms with Crippen molar-refractivity contribution in [1.82, 2.24) is 0 Å². The van der Waals surface area contributed by atoms with E-state index >= 15 is 0 Å². The Bertz CT molecular complexity index is 475. The Balaban J connectivity index is 3.17. The van der Waals surface area contributed by atoms with E-state index in [9.17, 15) is 9.00 Å². The quantitative estimate of drug-likeness (QED) is 0.772. The van der Waals surface area contributed by atoms with Gasteiger partial charge in [0.2, 0.25) is 0 Å². The van der Waals surface area contributed by atoms with Gasteiger partial charge < -0.3 is 0 Å². The number of hydrogen-bond donors (Lipinski definition) is 0. The Morgan fingerprint density at radius 3 is 2.40 bits per heavy atom. The van der Waals surface area contributed by atoms with Gasteiger partial charge in [0, 0.05) is 16.2 Å². The van der Waals surface area contributed by atoms with E-state index in [1.807, 2.05) is 0 Å². The van der Waals surface area contributed by atoms with Crippen LogP contribution in [0.4, 0.5) is 0 Å². The van der Waals surface area contributed by atoms with Crippen molar-refractivity contribution in [1.29, 1.82) is 0 Å². The molecule has 1 unspecified atom stereocenters. The zero-order chi connectivity index (χ0) is 11.5. The molecule has 1 aromatic carbocycles. The number of halogens is 2. The molecule has 1 amide bonds. The van der Waals surface area contributed by atoms with Crippen LogP contribution in [0, 0.1) is 0 Å². The normalized spacial score (nSPS) is 14.3. The number of amides is 1. The second-order valence-electron chi connectivity index (χ2n) is 2.88. The van der Waals surface area contributed by atoms with Gasteiger partial charge in [-0.05, 0) is 24.3 Å². The molecule has 0 aliphatic heterocycles. The second kappa shape index (κ2) is 4.96. The van der Waals surface area contributed by atoms with Crippen molar-refractivity contribution < 1.29 is 9.00 Å². The van der Waals surface area contributed by atoms with E-state index in [0.717, 1.165) is 0 Å². The molecule has 82 valence electrons. The zero-order valence-electron chi connectivity index (χ0n) is 7.94. The van der Waals surface area contributed by atoms with Crippen molar-refractivity contribution in [2.75, 3.05) is 12.1 Å². The smallest absolute Gasteiger partial charge is 0.268 e. The highest BCUT2D eigenvalue weighted by Crippen LogP contribution is 2.15. The zero-order valence-corrected chi connectivity index (χ0v) is 10.3. The minimum Gasteiger partial charge on any atom is -0.271 e. The fraction of sp³-hybridized carbons (Fsp3) is 0.222. The third-order valence-electron chi connectivity index (χ3n) is 1.64. The minimum atomic E-state index is -2.71. The summed E-state index contributed by atoms with van der Waals surface area (Å²) in [6.07, 6.45) is 1.39. The van der Waals surface area contributed by atoms with Crippen LogP contribution in [0.25, 0.3) is 0 Å². The molecule has 1 rings (SSSR count). The summed E-state index contributed by atoms with van der Waals surface area (Å²) in [6.45, 7) is 0. The third-order valence-corrected chi connectivity index (χ3v) is 3.82. The van der Waals surface area contributed by atoms with E-state index in [1.165, 1.54) is 6.26 Å². The van der Waals surface area contributed by atoms with Gasteiger partial charge in [-0.15, -0.1) is 11.6 Å². The first-order valence-electron chi connectivity index (χ1n) is 4.02. The van der Waals surface area contributed by atoms with Crippen LogP contribution in [-0.4, -0.2) is 22.3 Å². The molecular formula is C9H9Cl2NO2S. The SMILES string of the molecule is CS(=O)(=NC(=O)CCl)c1ccc(Cl)cc1. The molecule has 0 saturated carbocycles. The predicted molar refractivity (Wildman–Crippen MR) is 61.9 cm³/mol. The maximum atomic E-state index is 12.0. The van der Waals surface area contributed by atoms with Crippen molar-refractivity contribution in [3.8, 4) is 0 Å². The summed E-state index contributed by atoms with van der Waals surface area (Å²) in [5.41, 5.74) is 0. The summed E-state index contributed by atoms with van der Waals surface area (Å²) >= 11 is 11.0. The Morgan fingerprint density at radius 1 is 1.40 bits per heavy atom. The molecule has 0 fully saturated rings. The average Bonchev–Trinajstić information content (AvgIpc) is 2.17. The topological polar surface area (TPSA) is 46.5 Å². The van der Waals surface area contributed by atoms with Crippen LogP contribution in [0.2, 0.25) is 5.02 Å². The van der Waals surface area contributed by atoms with Crippen LogP contribution >= 0.6 is 23.2 Å². The molecule has 3 nitrogen and oxygen atoms in total. The average molecular weight is 266 g/mol. The van der Waals surface area contributed by atoms with Gasteiger partial charge in [0.1, 0.15) is 5.88 Å². The Kier molecular flexibility index (Phi) is 4.13. The summed E-state index contributed by atoms with van der Waals surface area (Å²) in [6, 6.07) is 6.35. The number of benzene rings is 1. The van der Waals surface area contributed by atoms with Gasteiger partial charge in [0.25, 0.3) is 5.91 Å². The summed E-state index contributed by atoms with van der Waals surface area (Å²) < 4.78 is 15.5. The lowest BCUT2D eigenvalue weighted by Gasteiger charge is -2.02. The number of carbonyl (C=O) groups excluding carboxylic acids is 1. The van der Waals surface area contributed by atoms with Crippen molar-refractivity contribution >= 4 is 38.8 Å².